The van der Waals surface area contributed by atoms with Gasteiger partial charge in [-0.05, 0) is 60.5 Å². The number of benzene rings is 1. The van der Waals surface area contributed by atoms with Gasteiger partial charge in [-0.25, -0.2) is 0 Å². The number of halogens is 1. The van der Waals surface area contributed by atoms with Gasteiger partial charge in [0.1, 0.15) is 0 Å². The molecule has 1 amide bonds. The molecule has 126 valence electrons. The number of aromatic nitrogens is 3. The highest BCUT2D eigenvalue weighted by Gasteiger charge is 2.08. The zero-order chi connectivity index (χ0) is 17.6. The van der Waals surface area contributed by atoms with Gasteiger partial charge in [-0.3, -0.25) is 9.78 Å². The highest BCUT2D eigenvalue weighted by atomic mass is 35.5. The predicted molar refractivity (Wildman–Crippen MR) is 96.9 cm³/mol. The molecule has 0 aliphatic carbocycles. The zero-order valence-corrected chi connectivity index (χ0v) is 14.3. The molecule has 0 aliphatic rings. The third kappa shape index (κ3) is 4.51. The number of anilines is 2. The van der Waals surface area contributed by atoms with Crippen molar-refractivity contribution in [1.29, 1.82) is 0 Å². The lowest BCUT2D eigenvalue weighted by molar-refractivity contribution is 0.0945. The minimum Gasteiger partial charge on any atom is -0.347 e. The van der Waals surface area contributed by atoms with Crippen molar-refractivity contribution in [1.82, 2.24) is 20.5 Å². The molecule has 0 fully saturated rings. The Balaban J connectivity index is 1.62. The fourth-order valence-corrected chi connectivity index (χ4v) is 2.43. The van der Waals surface area contributed by atoms with Crippen molar-refractivity contribution in [3.8, 4) is 0 Å². The smallest absolute Gasteiger partial charge is 0.272 e. The monoisotopic (exact) mass is 353 g/mol. The second-order valence-electron chi connectivity index (χ2n) is 5.43. The number of nitrogens with one attached hydrogen (secondary N) is 2. The minimum atomic E-state index is -0.279. The van der Waals surface area contributed by atoms with Gasteiger partial charge in [0.2, 0.25) is 0 Å². The summed E-state index contributed by atoms with van der Waals surface area (Å²) >= 11 is 5.95. The van der Waals surface area contributed by atoms with Crippen molar-refractivity contribution in [2.75, 3.05) is 5.32 Å². The van der Waals surface area contributed by atoms with Crippen LogP contribution in [-0.2, 0) is 6.54 Å². The third-order valence-corrected chi connectivity index (χ3v) is 3.79. The van der Waals surface area contributed by atoms with Crippen LogP contribution < -0.4 is 10.6 Å². The van der Waals surface area contributed by atoms with Crippen LogP contribution in [0.1, 0.15) is 21.6 Å². The minimum absolute atomic E-state index is 0.257. The van der Waals surface area contributed by atoms with E-state index in [-0.39, 0.29) is 11.6 Å². The van der Waals surface area contributed by atoms with Gasteiger partial charge in [0.05, 0.1) is 0 Å². The maximum absolute atomic E-state index is 12.1. The molecule has 0 saturated heterocycles. The van der Waals surface area contributed by atoms with Crippen LogP contribution in [0.25, 0.3) is 0 Å². The number of nitrogens with zero attached hydrogens (tertiary/aromatic N) is 3. The number of rotatable bonds is 5. The Hall–Kier alpha value is -2.99. The summed E-state index contributed by atoms with van der Waals surface area (Å²) in [7, 11) is 0. The Bertz CT molecular complexity index is 868. The van der Waals surface area contributed by atoms with Crippen LogP contribution in [0.2, 0.25) is 5.02 Å². The summed E-state index contributed by atoms with van der Waals surface area (Å²) in [6.45, 7) is 2.36. The van der Waals surface area contributed by atoms with Gasteiger partial charge in [0, 0.05) is 29.6 Å². The van der Waals surface area contributed by atoms with Gasteiger partial charge in [-0.2, -0.15) is 0 Å². The molecule has 0 saturated carbocycles. The Morgan fingerprint density at radius 2 is 1.88 bits per heavy atom. The molecule has 7 heteroatoms. The number of amides is 1. The molecular formula is C18H16ClN5O. The molecule has 3 aromatic rings. The molecule has 0 aliphatic heterocycles. The second kappa shape index (κ2) is 7.72. The quantitative estimate of drug-likeness (QED) is 0.733. The molecule has 2 heterocycles. The molecule has 1 aromatic carbocycles. The number of hydrogen-bond acceptors (Lipinski definition) is 5. The highest BCUT2D eigenvalue weighted by molar-refractivity contribution is 6.30. The number of hydrogen-bond donors (Lipinski definition) is 2. The Morgan fingerprint density at radius 1 is 1.08 bits per heavy atom. The summed E-state index contributed by atoms with van der Waals surface area (Å²) in [4.78, 5) is 16.1. The lowest BCUT2D eigenvalue weighted by Gasteiger charge is -2.09. The number of pyridine rings is 1. The topological polar surface area (TPSA) is 79.8 Å². The van der Waals surface area contributed by atoms with Crippen molar-refractivity contribution >= 4 is 29.0 Å². The molecule has 6 nitrogen and oxygen atoms in total. The van der Waals surface area contributed by atoms with Crippen LogP contribution in [0.3, 0.4) is 0 Å². The second-order valence-corrected chi connectivity index (χ2v) is 5.86. The molecule has 0 bridgehead atoms. The lowest BCUT2D eigenvalue weighted by Crippen LogP contribution is -2.24. The number of aryl methyl sites for hydroxylation is 1. The summed E-state index contributed by atoms with van der Waals surface area (Å²) in [5, 5.41) is 14.6. The summed E-state index contributed by atoms with van der Waals surface area (Å²) in [5.41, 5.74) is 3.10. The van der Waals surface area contributed by atoms with Crippen molar-refractivity contribution in [3.63, 3.8) is 0 Å². The van der Waals surface area contributed by atoms with Gasteiger partial charge < -0.3 is 10.6 Å². The van der Waals surface area contributed by atoms with Gasteiger partial charge in [-0.15, -0.1) is 10.2 Å². The van der Waals surface area contributed by atoms with Crippen LogP contribution in [0.5, 0.6) is 0 Å². The maximum Gasteiger partial charge on any atom is 0.272 e. The molecule has 0 unspecified atom stereocenters. The van der Waals surface area contributed by atoms with E-state index in [1.807, 2.05) is 31.2 Å². The summed E-state index contributed by atoms with van der Waals surface area (Å²) in [6.07, 6.45) is 3.36. The number of carbonyl (C=O) groups excluding carboxylic acids is 1. The van der Waals surface area contributed by atoms with Gasteiger partial charge in [0.15, 0.2) is 11.5 Å². The first-order valence-electron chi connectivity index (χ1n) is 7.66. The van der Waals surface area contributed by atoms with Crippen LogP contribution in [0.15, 0.2) is 54.9 Å². The van der Waals surface area contributed by atoms with Gasteiger partial charge in [0.25, 0.3) is 5.91 Å². The summed E-state index contributed by atoms with van der Waals surface area (Å²) in [6, 6.07) is 12.5. The SMILES string of the molecule is Cc1cc(Cl)ccc1Nc1ccc(C(=O)NCc2ccncc2)nn1. The van der Waals surface area contributed by atoms with E-state index in [4.69, 9.17) is 11.6 Å². The Kier molecular flexibility index (Phi) is 5.20. The van der Waals surface area contributed by atoms with E-state index in [0.29, 0.717) is 17.4 Å². The zero-order valence-electron chi connectivity index (χ0n) is 13.5. The van der Waals surface area contributed by atoms with E-state index in [2.05, 4.69) is 25.8 Å². The van der Waals surface area contributed by atoms with Crippen LogP contribution in [0, 0.1) is 6.92 Å². The first kappa shape index (κ1) is 16.9. The van der Waals surface area contributed by atoms with Gasteiger partial charge in [-0.1, -0.05) is 11.6 Å². The molecule has 3 rings (SSSR count). The molecule has 2 aromatic heterocycles. The van der Waals surface area contributed by atoms with E-state index < -0.39 is 0 Å². The van der Waals surface area contributed by atoms with Crippen molar-refractivity contribution < 1.29 is 4.79 Å². The fraction of sp³-hybridized carbons (Fsp3) is 0.111. The van der Waals surface area contributed by atoms with Crippen molar-refractivity contribution in [2.45, 2.75) is 13.5 Å². The van der Waals surface area contributed by atoms with Crippen molar-refractivity contribution in [2.24, 2.45) is 0 Å². The Morgan fingerprint density at radius 3 is 2.56 bits per heavy atom. The summed E-state index contributed by atoms with van der Waals surface area (Å²) < 4.78 is 0. The third-order valence-electron chi connectivity index (χ3n) is 3.55. The first-order valence-corrected chi connectivity index (χ1v) is 8.03. The van der Waals surface area contributed by atoms with Crippen molar-refractivity contribution in [3.05, 3.63) is 76.7 Å². The fourth-order valence-electron chi connectivity index (χ4n) is 2.20. The molecule has 2 N–H and O–H groups in total. The van der Waals surface area contributed by atoms with Crippen LogP contribution in [-0.4, -0.2) is 21.1 Å². The Labute approximate surface area is 150 Å². The standard InChI is InChI=1S/C18H16ClN5O/c1-12-10-14(19)2-3-15(12)22-17-5-4-16(23-24-17)18(25)21-11-13-6-8-20-9-7-13/h2-10H,11H2,1H3,(H,21,25)(H,22,24). The van der Waals surface area contributed by atoms with Crippen LogP contribution >= 0.6 is 11.6 Å². The lowest BCUT2D eigenvalue weighted by atomic mass is 10.2. The number of carbonyl (C=O) groups is 1. The molecule has 0 spiro atoms. The molecular weight excluding hydrogens is 338 g/mol. The maximum atomic E-state index is 12.1. The average molecular weight is 354 g/mol. The van der Waals surface area contributed by atoms with Gasteiger partial charge >= 0.3 is 0 Å². The predicted octanol–water partition coefficient (Wildman–Crippen LogP) is 3.51. The molecule has 0 atom stereocenters. The molecule has 25 heavy (non-hydrogen) atoms. The van der Waals surface area contributed by atoms with E-state index in [9.17, 15) is 4.79 Å². The summed E-state index contributed by atoms with van der Waals surface area (Å²) in [5.74, 6) is 0.273. The highest BCUT2D eigenvalue weighted by Crippen LogP contribution is 2.22. The normalized spacial score (nSPS) is 10.3. The average Bonchev–Trinajstić information content (AvgIpc) is 2.63. The largest absolute Gasteiger partial charge is 0.347 e. The van der Waals surface area contributed by atoms with E-state index >= 15 is 0 Å². The van der Waals surface area contributed by atoms with Crippen LogP contribution in [0.4, 0.5) is 11.5 Å². The first-order chi connectivity index (χ1) is 12.1. The molecule has 0 radical (unpaired) electrons. The van der Waals surface area contributed by atoms with E-state index in [1.165, 1.54) is 0 Å². The van der Waals surface area contributed by atoms with E-state index in [0.717, 1.165) is 16.8 Å². The van der Waals surface area contributed by atoms with E-state index in [1.54, 1.807) is 30.6 Å².